The van der Waals surface area contributed by atoms with E-state index in [1.54, 1.807) is 0 Å². The summed E-state index contributed by atoms with van der Waals surface area (Å²) in [6, 6.07) is 58.2. The van der Waals surface area contributed by atoms with Crippen molar-refractivity contribution in [2.45, 2.75) is 0 Å². The maximum atomic E-state index is 6.85. The molecular formula is C46H27NO2S. The second kappa shape index (κ2) is 10.6. The molecule has 11 rings (SSSR count). The summed E-state index contributed by atoms with van der Waals surface area (Å²) in [6.45, 7) is 0. The van der Waals surface area contributed by atoms with E-state index in [-0.39, 0.29) is 0 Å². The summed E-state index contributed by atoms with van der Waals surface area (Å²) in [5.41, 5.74) is 8.74. The molecule has 0 N–H and O–H groups in total. The van der Waals surface area contributed by atoms with Crippen molar-refractivity contribution in [1.82, 2.24) is 0 Å². The zero-order valence-electron chi connectivity index (χ0n) is 26.8. The Morgan fingerprint density at radius 1 is 0.420 bits per heavy atom. The van der Waals surface area contributed by atoms with Gasteiger partial charge in [-0.3, -0.25) is 0 Å². The molecule has 0 saturated heterocycles. The Balaban J connectivity index is 1.21. The fourth-order valence-corrected chi connectivity index (χ4v) is 8.94. The quantitative estimate of drug-likeness (QED) is 0.189. The molecule has 0 spiro atoms. The van der Waals surface area contributed by atoms with Crippen molar-refractivity contribution in [3.05, 3.63) is 164 Å². The van der Waals surface area contributed by atoms with Crippen LogP contribution in [0.5, 0.6) is 0 Å². The molecule has 0 aliphatic rings. The van der Waals surface area contributed by atoms with Crippen LogP contribution < -0.4 is 4.90 Å². The molecule has 3 aromatic heterocycles. The highest BCUT2D eigenvalue weighted by Crippen LogP contribution is 2.50. The van der Waals surface area contributed by atoms with Crippen molar-refractivity contribution in [2.75, 3.05) is 4.90 Å². The summed E-state index contributed by atoms with van der Waals surface area (Å²) in [7, 11) is 0. The van der Waals surface area contributed by atoms with Gasteiger partial charge >= 0.3 is 0 Å². The van der Waals surface area contributed by atoms with Gasteiger partial charge in [0.2, 0.25) is 0 Å². The van der Waals surface area contributed by atoms with Gasteiger partial charge in [-0.1, -0.05) is 115 Å². The van der Waals surface area contributed by atoms with Crippen LogP contribution in [0.25, 0.3) is 85.9 Å². The number of hydrogen-bond acceptors (Lipinski definition) is 4. The molecule has 0 saturated carbocycles. The molecule has 0 aliphatic heterocycles. The predicted molar refractivity (Wildman–Crippen MR) is 212 cm³/mol. The smallest absolute Gasteiger partial charge is 0.160 e. The van der Waals surface area contributed by atoms with E-state index in [2.05, 4.69) is 150 Å². The van der Waals surface area contributed by atoms with Crippen LogP contribution in [0, 0.1) is 0 Å². The van der Waals surface area contributed by atoms with Gasteiger partial charge in [-0.2, -0.15) is 0 Å². The summed E-state index contributed by atoms with van der Waals surface area (Å²) in [5.74, 6) is 0. The predicted octanol–water partition coefficient (Wildman–Crippen LogP) is 14.1. The van der Waals surface area contributed by atoms with Crippen molar-refractivity contribution < 1.29 is 8.83 Å². The lowest BCUT2D eigenvalue weighted by atomic mass is 10.0. The second-order valence-electron chi connectivity index (χ2n) is 12.9. The van der Waals surface area contributed by atoms with Crippen LogP contribution in [0.2, 0.25) is 0 Å². The van der Waals surface area contributed by atoms with E-state index in [9.17, 15) is 0 Å². The Bertz CT molecular complexity index is 3110. The minimum absolute atomic E-state index is 0.840. The van der Waals surface area contributed by atoms with Crippen LogP contribution in [0.1, 0.15) is 0 Å². The highest BCUT2D eigenvalue weighted by atomic mass is 32.1. The van der Waals surface area contributed by atoms with Gasteiger partial charge < -0.3 is 13.7 Å². The van der Waals surface area contributed by atoms with Crippen molar-refractivity contribution in [2.24, 2.45) is 0 Å². The van der Waals surface area contributed by atoms with Gasteiger partial charge in [-0.05, 0) is 70.4 Å². The molecular weight excluding hydrogens is 631 g/mol. The SMILES string of the molecule is c1ccc2cc(-c3ccc(N(c4cccc5c4oc4ccccc45)c4cc5c6ccccc6sc5c5c4oc4ccccc45)cc3)ccc2c1. The van der Waals surface area contributed by atoms with E-state index in [1.165, 1.54) is 36.5 Å². The molecule has 0 bridgehead atoms. The first kappa shape index (κ1) is 27.6. The Kier molecular flexibility index (Phi) is 5.83. The maximum absolute atomic E-state index is 6.85. The molecule has 234 valence electrons. The third-order valence-corrected chi connectivity index (χ3v) is 11.2. The Labute approximate surface area is 290 Å². The van der Waals surface area contributed by atoms with Gasteiger partial charge in [0.05, 0.1) is 11.4 Å². The van der Waals surface area contributed by atoms with Crippen LogP contribution >= 0.6 is 11.3 Å². The molecule has 0 fully saturated rings. The first-order valence-corrected chi connectivity index (χ1v) is 17.7. The van der Waals surface area contributed by atoms with E-state index >= 15 is 0 Å². The van der Waals surface area contributed by atoms with E-state index in [0.29, 0.717) is 0 Å². The molecule has 0 amide bonds. The number of anilines is 3. The zero-order chi connectivity index (χ0) is 32.8. The number of furan rings is 2. The first-order valence-electron chi connectivity index (χ1n) is 16.8. The van der Waals surface area contributed by atoms with Gasteiger partial charge in [0.15, 0.2) is 11.2 Å². The fraction of sp³-hybridized carbons (Fsp3) is 0. The molecule has 50 heavy (non-hydrogen) atoms. The van der Waals surface area contributed by atoms with Crippen LogP contribution in [0.4, 0.5) is 17.1 Å². The maximum Gasteiger partial charge on any atom is 0.160 e. The van der Waals surface area contributed by atoms with E-state index < -0.39 is 0 Å². The molecule has 0 atom stereocenters. The minimum atomic E-state index is 0.840. The van der Waals surface area contributed by atoms with Gasteiger partial charge in [0.25, 0.3) is 0 Å². The summed E-state index contributed by atoms with van der Waals surface area (Å²) < 4.78 is 16.0. The number of fused-ring (bicyclic) bond motifs is 11. The third kappa shape index (κ3) is 4.03. The van der Waals surface area contributed by atoms with E-state index in [1.807, 2.05) is 29.5 Å². The van der Waals surface area contributed by atoms with Crippen LogP contribution in [0.15, 0.2) is 173 Å². The fourth-order valence-electron chi connectivity index (χ4n) is 7.70. The number of hydrogen-bond donors (Lipinski definition) is 0. The van der Waals surface area contributed by atoms with Crippen molar-refractivity contribution in [3.8, 4) is 11.1 Å². The average molecular weight is 658 g/mol. The summed E-state index contributed by atoms with van der Waals surface area (Å²) in [6.07, 6.45) is 0. The molecule has 4 heteroatoms. The van der Waals surface area contributed by atoms with Gasteiger partial charge in [0, 0.05) is 47.4 Å². The van der Waals surface area contributed by atoms with Crippen molar-refractivity contribution >= 4 is 103 Å². The van der Waals surface area contributed by atoms with Crippen LogP contribution in [-0.4, -0.2) is 0 Å². The molecule has 0 radical (unpaired) electrons. The number of benzene rings is 8. The summed E-state index contributed by atoms with van der Waals surface area (Å²) in [4.78, 5) is 2.32. The lowest BCUT2D eigenvalue weighted by molar-refractivity contribution is 0.666. The highest BCUT2D eigenvalue weighted by molar-refractivity contribution is 7.26. The minimum Gasteiger partial charge on any atom is -0.454 e. The van der Waals surface area contributed by atoms with Gasteiger partial charge in [-0.25, -0.2) is 0 Å². The Morgan fingerprint density at radius 3 is 1.94 bits per heavy atom. The van der Waals surface area contributed by atoms with Gasteiger partial charge in [0.1, 0.15) is 11.2 Å². The monoisotopic (exact) mass is 657 g/mol. The second-order valence-corrected chi connectivity index (χ2v) is 13.9. The normalized spacial score (nSPS) is 12.0. The molecule has 3 heterocycles. The third-order valence-electron chi connectivity index (χ3n) is 10.0. The molecule has 0 unspecified atom stereocenters. The summed E-state index contributed by atoms with van der Waals surface area (Å²) in [5, 5.41) is 9.38. The number of thiophene rings is 1. The zero-order valence-corrected chi connectivity index (χ0v) is 27.6. The van der Waals surface area contributed by atoms with Crippen LogP contribution in [0.3, 0.4) is 0 Å². The van der Waals surface area contributed by atoms with Crippen molar-refractivity contribution in [3.63, 3.8) is 0 Å². The average Bonchev–Trinajstić information content (AvgIpc) is 3.87. The van der Waals surface area contributed by atoms with E-state index in [0.717, 1.165) is 66.5 Å². The number of nitrogens with zero attached hydrogens (tertiary/aromatic N) is 1. The lowest BCUT2D eigenvalue weighted by Crippen LogP contribution is -2.10. The molecule has 0 aliphatic carbocycles. The summed E-state index contributed by atoms with van der Waals surface area (Å²) >= 11 is 1.83. The highest BCUT2D eigenvalue weighted by Gasteiger charge is 2.26. The molecule has 3 nitrogen and oxygen atoms in total. The van der Waals surface area contributed by atoms with Crippen LogP contribution in [-0.2, 0) is 0 Å². The van der Waals surface area contributed by atoms with Crippen molar-refractivity contribution in [1.29, 1.82) is 0 Å². The largest absolute Gasteiger partial charge is 0.454 e. The number of rotatable bonds is 4. The number of para-hydroxylation sites is 3. The molecule has 8 aromatic carbocycles. The Morgan fingerprint density at radius 2 is 1.08 bits per heavy atom. The Hall–Kier alpha value is -6.36. The van der Waals surface area contributed by atoms with E-state index in [4.69, 9.17) is 8.83 Å². The lowest BCUT2D eigenvalue weighted by Gasteiger charge is -2.26. The van der Waals surface area contributed by atoms with Gasteiger partial charge in [-0.15, -0.1) is 11.3 Å². The standard InChI is InChI=1S/C46H27NO2S/c1-2-11-30-26-31(21-20-28(30)10-1)29-22-24-32(25-23-29)47(38-16-9-15-35-33-12-3-6-17-40(33)48-44(35)38)39-27-37-34-13-5-8-19-42(34)50-46(37)43-36-14-4-7-18-41(36)49-45(39)43/h1-27H. The topological polar surface area (TPSA) is 29.5 Å². The molecule has 11 aromatic rings. The first-order chi connectivity index (χ1) is 24.8.